The summed E-state index contributed by atoms with van der Waals surface area (Å²) in [6.45, 7) is 3.68. The lowest BCUT2D eigenvalue weighted by Gasteiger charge is -2.01. The van der Waals surface area contributed by atoms with Gasteiger partial charge in [-0.15, -0.1) is 0 Å². The van der Waals surface area contributed by atoms with Crippen molar-refractivity contribution < 1.29 is 13.2 Å². The summed E-state index contributed by atoms with van der Waals surface area (Å²) >= 11 is 0. The van der Waals surface area contributed by atoms with E-state index >= 15 is 0 Å². The average Bonchev–Trinajstić information content (AvgIpc) is 2.30. The minimum atomic E-state index is -4.23. The van der Waals surface area contributed by atoms with Gasteiger partial charge in [0, 0.05) is 11.9 Å². The molecule has 0 amide bonds. The Labute approximate surface area is 68.6 Å². The number of halogens is 3. The van der Waals surface area contributed by atoms with Gasteiger partial charge in [-0.1, -0.05) is 13.8 Å². The zero-order valence-electron chi connectivity index (χ0n) is 6.87. The Morgan fingerprint density at radius 3 is 2.17 bits per heavy atom. The minimum Gasteiger partial charge on any atom is -0.364 e. The van der Waals surface area contributed by atoms with Crippen LogP contribution in [0.25, 0.3) is 0 Å². The van der Waals surface area contributed by atoms with Crippen LogP contribution >= 0.6 is 0 Å². The fraction of sp³-hybridized carbons (Fsp3) is 0.500. The Bertz CT molecular complexity index is 260. The van der Waals surface area contributed by atoms with Gasteiger partial charge < -0.3 is 4.98 Å². The maximum atomic E-state index is 12.0. The molecule has 1 nitrogen and oxygen atoms in total. The van der Waals surface area contributed by atoms with E-state index in [9.17, 15) is 13.2 Å². The highest BCUT2D eigenvalue weighted by molar-refractivity contribution is 5.21. The molecule has 0 atom stereocenters. The van der Waals surface area contributed by atoms with Crippen LogP contribution in [0.4, 0.5) is 13.2 Å². The third kappa shape index (κ3) is 1.81. The molecule has 0 unspecified atom stereocenters. The SMILES string of the molecule is CC(C)c1cc(C(F)(F)F)c[nH]1. The molecule has 0 radical (unpaired) electrons. The number of rotatable bonds is 1. The Hall–Kier alpha value is -0.930. The smallest absolute Gasteiger partial charge is 0.364 e. The number of H-pyrrole nitrogens is 1. The predicted octanol–water partition coefficient (Wildman–Crippen LogP) is 3.16. The first-order valence-corrected chi connectivity index (χ1v) is 3.67. The molecule has 0 aliphatic carbocycles. The van der Waals surface area contributed by atoms with E-state index in [0.717, 1.165) is 12.3 Å². The van der Waals surface area contributed by atoms with Gasteiger partial charge in [0.25, 0.3) is 0 Å². The summed E-state index contributed by atoms with van der Waals surface area (Å²) < 4.78 is 36.1. The van der Waals surface area contributed by atoms with Gasteiger partial charge in [0.2, 0.25) is 0 Å². The van der Waals surface area contributed by atoms with Crippen LogP contribution in [0.5, 0.6) is 0 Å². The fourth-order valence-corrected chi connectivity index (χ4v) is 0.909. The van der Waals surface area contributed by atoms with Gasteiger partial charge in [0.15, 0.2) is 0 Å². The van der Waals surface area contributed by atoms with Crippen LogP contribution in [-0.4, -0.2) is 4.98 Å². The molecular weight excluding hydrogens is 167 g/mol. The molecule has 0 aromatic carbocycles. The lowest BCUT2D eigenvalue weighted by Crippen LogP contribution is -2.02. The number of hydrogen-bond acceptors (Lipinski definition) is 0. The van der Waals surface area contributed by atoms with E-state index < -0.39 is 11.7 Å². The van der Waals surface area contributed by atoms with E-state index in [-0.39, 0.29) is 5.92 Å². The van der Waals surface area contributed by atoms with Crippen molar-refractivity contribution >= 4 is 0 Å². The van der Waals surface area contributed by atoms with Crippen molar-refractivity contribution in [3.8, 4) is 0 Å². The van der Waals surface area contributed by atoms with Crippen LogP contribution < -0.4 is 0 Å². The molecule has 0 saturated heterocycles. The molecule has 68 valence electrons. The lowest BCUT2D eigenvalue weighted by atomic mass is 10.1. The second kappa shape index (κ2) is 2.84. The van der Waals surface area contributed by atoms with Gasteiger partial charge >= 0.3 is 6.18 Å². The molecule has 1 rings (SSSR count). The summed E-state index contributed by atoms with van der Waals surface area (Å²) in [6, 6.07) is 1.14. The Kier molecular flexibility index (Phi) is 2.17. The van der Waals surface area contributed by atoms with E-state index in [1.54, 1.807) is 0 Å². The Morgan fingerprint density at radius 1 is 1.33 bits per heavy atom. The standard InChI is InChI=1S/C8H10F3N/c1-5(2)7-3-6(4-12-7)8(9,10)11/h3-5,12H,1-2H3. The van der Waals surface area contributed by atoms with Gasteiger partial charge in [-0.2, -0.15) is 13.2 Å². The van der Waals surface area contributed by atoms with E-state index in [2.05, 4.69) is 4.98 Å². The van der Waals surface area contributed by atoms with Crippen LogP contribution in [0, 0.1) is 0 Å². The largest absolute Gasteiger partial charge is 0.417 e. The Morgan fingerprint density at radius 2 is 1.92 bits per heavy atom. The topological polar surface area (TPSA) is 15.8 Å². The number of aromatic amines is 1. The first kappa shape index (κ1) is 9.16. The normalized spacial score (nSPS) is 12.5. The van der Waals surface area contributed by atoms with Gasteiger partial charge in [-0.05, 0) is 12.0 Å². The predicted molar refractivity (Wildman–Crippen MR) is 39.9 cm³/mol. The van der Waals surface area contributed by atoms with Crippen LogP contribution in [0.1, 0.15) is 31.0 Å². The summed E-state index contributed by atoms with van der Waals surface area (Å²) in [6.07, 6.45) is -3.24. The fourth-order valence-electron chi connectivity index (χ4n) is 0.909. The van der Waals surface area contributed by atoms with Gasteiger partial charge in [-0.3, -0.25) is 0 Å². The third-order valence-electron chi connectivity index (χ3n) is 1.65. The molecule has 0 saturated carbocycles. The van der Waals surface area contributed by atoms with E-state index in [4.69, 9.17) is 0 Å². The highest BCUT2D eigenvalue weighted by Crippen LogP contribution is 2.30. The molecule has 1 N–H and O–H groups in total. The quantitative estimate of drug-likeness (QED) is 0.678. The molecule has 1 heterocycles. The van der Waals surface area contributed by atoms with Gasteiger partial charge in [-0.25, -0.2) is 0 Å². The van der Waals surface area contributed by atoms with Crippen molar-refractivity contribution in [2.24, 2.45) is 0 Å². The molecule has 4 heteroatoms. The Balaban J connectivity index is 2.92. The van der Waals surface area contributed by atoms with Crippen LogP contribution in [0.15, 0.2) is 12.3 Å². The van der Waals surface area contributed by atoms with E-state index in [1.807, 2.05) is 13.8 Å². The van der Waals surface area contributed by atoms with Crippen molar-refractivity contribution in [2.75, 3.05) is 0 Å². The second-order valence-corrected chi connectivity index (χ2v) is 3.00. The van der Waals surface area contributed by atoms with Crippen molar-refractivity contribution in [3.63, 3.8) is 0 Å². The van der Waals surface area contributed by atoms with Crippen molar-refractivity contribution in [3.05, 3.63) is 23.5 Å². The first-order chi connectivity index (χ1) is 5.41. The average molecular weight is 177 g/mol. The van der Waals surface area contributed by atoms with Gasteiger partial charge in [0.05, 0.1) is 5.56 Å². The number of nitrogens with one attached hydrogen (secondary N) is 1. The van der Waals surface area contributed by atoms with E-state index in [0.29, 0.717) is 5.69 Å². The van der Waals surface area contributed by atoms with Crippen molar-refractivity contribution in [1.82, 2.24) is 4.98 Å². The summed E-state index contributed by atoms with van der Waals surface area (Å²) in [5.41, 5.74) is 0.00789. The highest BCUT2D eigenvalue weighted by atomic mass is 19.4. The molecule has 0 aliphatic heterocycles. The van der Waals surface area contributed by atoms with Crippen LogP contribution in [-0.2, 0) is 6.18 Å². The molecule has 0 bridgehead atoms. The first-order valence-electron chi connectivity index (χ1n) is 3.67. The van der Waals surface area contributed by atoms with Crippen molar-refractivity contribution in [2.45, 2.75) is 25.9 Å². The molecule has 1 aromatic rings. The molecule has 0 fully saturated rings. The van der Waals surface area contributed by atoms with Gasteiger partial charge in [0.1, 0.15) is 0 Å². The maximum absolute atomic E-state index is 12.0. The summed E-state index contributed by atoms with van der Waals surface area (Å²) in [4.78, 5) is 2.59. The minimum absolute atomic E-state index is 0.0982. The molecular formula is C8H10F3N. The van der Waals surface area contributed by atoms with Crippen molar-refractivity contribution in [1.29, 1.82) is 0 Å². The van der Waals surface area contributed by atoms with Crippen LogP contribution in [0.3, 0.4) is 0 Å². The number of hydrogen-bond donors (Lipinski definition) is 1. The molecule has 0 aliphatic rings. The number of aromatic nitrogens is 1. The summed E-state index contributed by atoms with van der Waals surface area (Å²) in [5, 5.41) is 0. The number of alkyl halides is 3. The zero-order valence-corrected chi connectivity index (χ0v) is 6.87. The molecule has 1 aromatic heterocycles. The van der Waals surface area contributed by atoms with E-state index in [1.165, 1.54) is 0 Å². The summed E-state index contributed by atoms with van der Waals surface area (Å²) in [7, 11) is 0. The highest BCUT2D eigenvalue weighted by Gasteiger charge is 2.31. The van der Waals surface area contributed by atoms with Crippen LogP contribution in [0.2, 0.25) is 0 Å². The maximum Gasteiger partial charge on any atom is 0.417 e. The second-order valence-electron chi connectivity index (χ2n) is 3.00. The molecule has 0 spiro atoms. The third-order valence-corrected chi connectivity index (χ3v) is 1.65. The summed E-state index contributed by atoms with van der Waals surface area (Å²) in [5.74, 6) is 0.0982. The molecule has 12 heavy (non-hydrogen) atoms. The monoisotopic (exact) mass is 177 g/mol. The zero-order chi connectivity index (χ0) is 9.35. The lowest BCUT2D eigenvalue weighted by molar-refractivity contribution is -0.137.